The number of hydrogen-bond donors (Lipinski definition) is 2. The van der Waals surface area contributed by atoms with Gasteiger partial charge in [0.15, 0.2) is 0 Å². The fourth-order valence-electron chi connectivity index (χ4n) is 2.09. The van der Waals surface area contributed by atoms with Gasteiger partial charge in [0.05, 0.1) is 12.7 Å². The molecular weight excluding hydrogens is 244 g/mol. The summed E-state index contributed by atoms with van der Waals surface area (Å²) in [5.41, 5.74) is 0.0638. The molecule has 0 aliphatic carbocycles. The van der Waals surface area contributed by atoms with Gasteiger partial charge in [-0.15, -0.1) is 0 Å². The molecule has 5 heteroatoms. The standard InChI is InChI=1S/C14H20N2O3/c1-14(18)6-8-16(9-7-14)13(17)15-11-4-3-5-12(10-11)19-2/h3-5,10,18H,6-9H2,1-2H3,(H,15,17). The first-order valence-corrected chi connectivity index (χ1v) is 6.42. The number of rotatable bonds is 2. The Hall–Kier alpha value is -1.75. The topological polar surface area (TPSA) is 61.8 Å². The van der Waals surface area contributed by atoms with E-state index in [1.807, 2.05) is 25.1 Å². The zero-order chi connectivity index (χ0) is 13.9. The summed E-state index contributed by atoms with van der Waals surface area (Å²) in [6.07, 6.45) is 1.22. The highest BCUT2D eigenvalue weighted by atomic mass is 16.5. The molecule has 0 bridgehead atoms. The van der Waals surface area contributed by atoms with Crippen molar-refractivity contribution in [3.63, 3.8) is 0 Å². The first-order valence-electron chi connectivity index (χ1n) is 6.42. The number of amides is 2. The van der Waals surface area contributed by atoms with Crippen LogP contribution in [0.5, 0.6) is 5.75 Å². The number of hydrogen-bond acceptors (Lipinski definition) is 3. The van der Waals surface area contributed by atoms with Gasteiger partial charge in [-0.2, -0.15) is 0 Å². The predicted molar refractivity (Wildman–Crippen MR) is 73.4 cm³/mol. The number of carbonyl (C=O) groups is 1. The van der Waals surface area contributed by atoms with Crippen molar-refractivity contribution in [1.29, 1.82) is 0 Å². The number of ether oxygens (including phenoxy) is 1. The molecule has 1 aliphatic heterocycles. The van der Waals surface area contributed by atoms with E-state index in [4.69, 9.17) is 4.74 Å². The molecule has 0 aromatic heterocycles. The third kappa shape index (κ3) is 3.61. The van der Waals surface area contributed by atoms with Crippen molar-refractivity contribution in [2.24, 2.45) is 0 Å². The summed E-state index contributed by atoms with van der Waals surface area (Å²) in [7, 11) is 1.59. The summed E-state index contributed by atoms with van der Waals surface area (Å²) in [5.74, 6) is 0.708. The number of nitrogens with zero attached hydrogens (tertiary/aromatic N) is 1. The number of nitrogens with one attached hydrogen (secondary N) is 1. The summed E-state index contributed by atoms with van der Waals surface area (Å²) in [4.78, 5) is 13.8. The average molecular weight is 264 g/mol. The molecule has 1 saturated heterocycles. The molecule has 0 radical (unpaired) electrons. The molecule has 2 rings (SSSR count). The second-order valence-corrected chi connectivity index (χ2v) is 5.15. The van der Waals surface area contributed by atoms with E-state index in [9.17, 15) is 9.90 Å². The van der Waals surface area contributed by atoms with E-state index < -0.39 is 5.60 Å². The molecule has 0 unspecified atom stereocenters. The Morgan fingerprint density at radius 1 is 1.42 bits per heavy atom. The second-order valence-electron chi connectivity index (χ2n) is 5.15. The van der Waals surface area contributed by atoms with Crippen LogP contribution >= 0.6 is 0 Å². The summed E-state index contributed by atoms with van der Waals surface area (Å²) < 4.78 is 5.11. The Balaban J connectivity index is 1.94. The van der Waals surface area contributed by atoms with Crippen LogP contribution in [-0.2, 0) is 0 Å². The van der Waals surface area contributed by atoms with E-state index in [0.29, 0.717) is 37.4 Å². The highest BCUT2D eigenvalue weighted by molar-refractivity contribution is 5.89. The van der Waals surface area contributed by atoms with Gasteiger partial charge in [0.1, 0.15) is 5.75 Å². The Labute approximate surface area is 113 Å². The van der Waals surface area contributed by atoms with Gasteiger partial charge >= 0.3 is 6.03 Å². The molecule has 0 atom stereocenters. The number of methoxy groups -OCH3 is 1. The van der Waals surface area contributed by atoms with Crippen LogP contribution in [0.15, 0.2) is 24.3 Å². The third-order valence-corrected chi connectivity index (χ3v) is 3.45. The fraction of sp³-hybridized carbons (Fsp3) is 0.500. The minimum absolute atomic E-state index is 0.135. The lowest BCUT2D eigenvalue weighted by Gasteiger charge is -2.35. The molecule has 1 heterocycles. The molecule has 1 aromatic carbocycles. The number of anilines is 1. The number of urea groups is 1. The van der Waals surface area contributed by atoms with Crippen LogP contribution in [0.4, 0.5) is 10.5 Å². The number of likely N-dealkylation sites (tertiary alicyclic amines) is 1. The van der Waals surface area contributed by atoms with Gasteiger partial charge in [-0.25, -0.2) is 4.79 Å². The maximum absolute atomic E-state index is 12.1. The Morgan fingerprint density at radius 2 is 2.11 bits per heavy atom. The smallest absolute Gasteiger partial charge is 0.321 e. The molecule has 0 spiro atoms. The van der Waals surface area contributed by atoms with Crippen molar-refractivity contribution in [2.75, 3.05) is 25.5 Å². The van der Waals surface area contributed by atoms with Gasteiger partial charge in [-0.05, 0) is 31.9 Å². The van der Waals surface area contributed by atoms with E-state index in [1.165, 1.54) is 0 Å². The first kappa shape index (κ1) is 13.7. The van der Waals surface area contributed by atoms with Crippen molar-refractivity contribution in [2.45, 2.75) is 25.4 Å². The largest absolute Gasteiger partial charge is 0.497 e. The van der Waals surface area contributed by atoms with E-state index in [0.717, 1.165) is 0 Å². The van der Waals surface area contributed by atoms with Crippen molar-refractivity contribution in [3.8, 4) is 5.75 Å². The maximum atomic E-state index is 12.1. The molecule has 1 fully saturated rings. The molecule has 1 aromatic rings. The first-order chi connectivity index (χ1) is 9.00. The minimum Gasteiger partial charge on any atom is -0.497 e. The van der Waals surface area contributed by atoms with Gasteiger partial charge in [-0.3, -0.25) is 0 Å². The quantitative estimate of drug-likeness (QED) is 0.859. The van der Waals surface area contributed by atoms with Gasteiger partial charge in [0.25, 0.3) is 0 Å². The van der Waals surface area contributed by atoms with E-state index in [2.05, 4.69) is 5.32 Å². The molecule has 0 saturated carbocycles. The van der Waals surface area contributed by atoms with Crippen molar-refractivity contribution in [3.05, 3.63) is 24.3 Å². The number of carbonyl (C=O) groups excluding carboxylic acids is 1. The van der Waals surface area contributed by atoms with Gasteiger partial charge in [0, 0.05) is 24.8 Å². The molecule has 2 amide bonds. The number of piperidine rings is 1. The van der Waals surface area contributed by atoms with Gasteiger partial charge in [0.2, 0.25) is 0 Å². The lowest BCUT2D eigenvalue weighted by molar-refractivity contribution is 0.00570. The van der Waals surface area contributed by atoms with Crippen LogP contribution < -0.4 is 10.1 Å². The van der Waals surface area contributed by atoms with Crippen molar-refractivity contribution < 1.29 is 14.6 Å². The van der Waals surface area contributed by atoms with Crippen LogP contribution in [0.25, 0.3) is 0 Å². The van der Waals surface area contributed by atoms with E-state index in [1.54, 1.807) is 18.1 Å². The number of aliphatic hydroxyl groups is 1. The van der Waals surface area contributed by atoms with Crippen LogP contribution in [-0.4, -0.2) is 41.8 Å². The highest BCUT2D eigenvalue weighted by Gasteiger charge is 2.29. The Morgan fingerprint density at radius 3 is 2.74 bits per heavy atom. The third-order valence-electron chi connectivity index (χ3n) is 3.45. The van der Waals surface area contributed by atoms with Crippen LogP contribution in [0, 0.1) is 0 Å². The maximum Gasteiger partial charge on any atom is 0.321 e. The monoisotopic (exact) mass is 264 g/mol. The zero-order valence-corrected chi connectivity index (χ0v) is 11.3. The summed E-state index contributed by atoms with van der Waals surface area (Å²) in [6, 6.07) is 7.12. The lowest BCUT2D eigenvalue weighted by Crippen LogP contribution is -2.46. The molecule has 5 nitrogen and oxygen atoms in total. The van der Waals surface area contributed by atoms with Gasteiger partial charge < -0.3 is 20.1 Å². The van der Waals surface area contributed by atoms with Crippen LogP contribution in [0.3, 0.4) is 0 Å². The predicted octanol–water partition coefficient (Wildman–Crippen LogP) is 2.07. The molecule has 1 aliphatic rings. The lowest BCUT2D eigenvalue weighted by atomic mass is 9.94. The van der Waals surface area contributed by atoms with Crippen molar-refractivity contribution >= 4 is 11.7 Å². The highest BCUT2D eigenvalue weighted by Crippen LogP contribution is 2.22. The second kappa shape index (κ2) is 5.48. The zero-order valence-electron chi connectivity index (χ0n) is 11.3. The average Bonchev–Trinajstić information content (AvgIpc) is 2.38. The summed E-state index contributed by atoms with van der Waals surface area (Å²) >= 11 is 0. The Kier molecular flexibility index (Phi) is 3.95. The van der Waals surface area contributed by atoms with E-state index >= 15 is 0 Å². The van der Waals surface area contributed by atoms with Crippen LogP contribution in [0.2, 0.25) is 0 Å². The molecule has 2 N–H and O–H groups in total. The SMILES string of the molecule is COc1cccc(NC(=O)N2CCC(C)(O)CC2)c1. The molecular formula is C14H20N2O3. The van der Waals surface area contributed by atoms with Gasteiger partial charge in [-0.1, -0.05) is 6.07 Å². The number of benzene rings is 1. The summed E-state index contributed by atoms with van der Waals surface area (Å²) in [6.45, 7) is 2.95. The van der Waals surface area contributed by atoms with E-state index in [-0.39, 0.29) is 6.03 Å². The Bertz CT molecular complexity index is 450. The van der Waals surface area contributed by atoms with Crippen LogP contribution in [0.1, 0.15) is 19.8 Å². The minimum atomic E-state index is -0.646. The van der Waals surface area contributed by atoms with Crippen molar-refractivity contribution in [1.82, 2.24) is 4.90 Å². The molecule has 19 heavy (non-hydrogen) atoms. The fourth-order valence-corrected chi connectivity index (χ4v) is 2.09. The summed E-state index contributed by atoms with van der Waals surface area (Å²) in [5, 5.41) is 12.7. The molecule has 104 valence electrons. The normalized spacial score (nSPS) is 17.9.